The second-order valence-electron chi connectivity index (χ2n) is 4.64. The van der Waals surface area contributed by atoms with Crippen LogP contribution in [-0.2, 0) is 11.3 Å². The fourth-order valence-corrected chi connectivity index (χ4v) is 2.58. The van der Waals surface area contributed by atoms with Gasteiger partial charge in [0.05, 0.1) is 5.69 Å². The van der Waals surface area contributed by atoms with Crippen molar-refractivity contribution in [1.29, 1.82) is 0 Å². The summed E-state index contributed by atoms with van der Waals surface area (Å²) in [6, 6.07) is 8.06. The molecular weight excluding hydrogens is 202 g/mol. The number of nitrogens with zero attached hydrogens (tertiary/aromatic N) is 2. The van der Waals surface area contributed by atoms with Crippen molar-refractivity contribution in [2.75, 3.05) is 0 Å². The van der Waals surface area contributed by atoms with E-state index in [1.807, 2.05) is 18.2 Å². The van der Waals surface area contributed by atoms with Gasteiger partial charge in [0.25, 0.3) is 5.91 Å². The fraction of sp³-hybridized carbons (Fsp3) is 0.333. The van der Waals surface area contributed by atoms with Crippen LogP contribution >= 0.6 is 0 Å². The van der Waals surface area contributed by atoms with E-state index in [9.17, 15) is 4.79 Å². The molecule has 1 aromatic rings. The van der Waals surface area contributed by atoms with Gasteiger partial charge in [0.2, 0.25) is 5.96 Å². The molecule has 2 aliphatic heterocycles. The second kappa shape index (κ2) is 2.45. The number of amides is 1. The molecule has 1 amide bonds. The summed E-state index contributed by atoms with van der Waals surface area (Å²) >= 11 is 0. The van der Waals surface area contributed by atoms with Gasteiger partial charge in [-0.1, -0.05) is 18.2 Å². The number of aliphatic imine (C=N–C) groups is 1. The lowest BCUT2D eigenvalue weighted by molar-refractivity contribution is -0.122. The summed E-state index contributed by atoms with van der Waals surface area (Å²) < 4.78 is 0. The van der Waals surface area contributed by atoms with E-state index in [2.05, 4.69) is 21.3 Å². The van der Waals surface area contributed by atoms with Gasteiger partial charge < -0.3 is 4.90 Å². The van der Waals surface area contributed by atoms with Crippen molar-refractivity contribution in [2.24, 2.45) is 4.99 Å². The first-order valence-corrected chi connectivity index (χ1v) is 5.55. The standard InChI is InChI=1S/C12H11N3O/c16-10-12(5-6-12)15-7-8-3-1-2-4-9(8)13-11(15)14-10/h1-4H,5-7H2,(H,13,14,16). The predicted molar refractivity (Wildman–Crippen MR) is 59.2 cm³/mol. The van der Waals surface area contributed by atoms with Crippen molar-refractivity contribution in [2.45, 2.75) is 24.9 Å². The minimum absolute atomic E-state index is 0.124. The first kappa shape index (κ1) is 8.33. The highest BCUT2D eigenvalue weighted by Gasteiger charge is 2.61. The smallest absolute Gasteiger partial charge is 0.252 e. The minimum Gasteiger partial charge on any atom is -0.323 e. The molecule has 0 unspecified atom stereocenters. The van der Waals surface area contributed by atoms with Crippen molar-refractivity contribution < 1.29 is 4.79 Å². The second-order valence-corrected chi connectivity index (χ2v) is 4.64. The third-order valence-electron chi connectivity index (χ3n) is 3.69. The molecular formula is C12H11N3O. The maximum atomic E-state index is 11.8. The number of nitrogens with one attached hydrogen (secondary N) is 1. The highest BCUT2D eigenvalue weighted by Crippen LogP contribution is 2.47. The third-order valence-corrected chi connectivity index (χ3v) is 3.69. The van der Waals surface area contributed by atoms with Crippen LogP contribution in [0.15, 0.2) is 29.3 Å². The monoisotopic (exact) mass is 213 g/mol. The molecule has 0 atom stereocenters. The molecule has 4 rings (SSSR count). The number of carbonyl (C=O) groups is 1. The first-order chi connectivity index (χ1) is 7.79. The lowest BCUT2D eigenvalue weighted by Gasteiger charge is -2.27. The number of fused-ring (bicyclic) bond motifs is 3. The molecule has 3 aliphatic rings. The van der Waals surface area contributed by atoms with Gasteiger partial charge in [-0.05, 0) is 24.5 Å². The molecule has 1 aromatic carbocycles. The molecule has 1 saturated heterocycles. The van der Waals surface area contributed by atoms with Gasteiger partial charge in [0.1, 0.15) is 5.54 Å². The predicted octanol–water partition coefficient (Wildman–Crippen LogP) is 1.15. The quantitative estimate of drug-likeness (QED) is 0.702. The summed E-state index contributed by atoms with van der Waals surface area (Å²) in [4.78, 5) is 18.5. The minimum atomic E-state index is -0.258. The fourth-order valence-electron chi connectivity index (χ4n) is 2.58. The van der Waals surface area contributed by atoms with Crippen LogP contribution in [0.2, 0.25) is 0 Å². The number of hydrogen-bond acceptors (Lipinski definition) is 3. The van der Waals surface area contributed by atoms with Crippen molar-refractivity contribution in [3.63, 3.8) is 0 Å². The maximum absolute atomic E-state index is 11.8. The topological polar surface area (TPSA) is 44.7 Å². The van der Waals surface area contributed by atoms with Crippen molar-refractivity contribution in [1.82, 2.24) is 10.2 Å². The molecule has 0 aromatic heterocycles. The zero-order valence-electron chi connectivity index (χ0n) is 8.73. The Balaban J connectivity index is 1.86. The van der Waals surface area contributed by atoms with Gasteiger partial charge in [-0.2, -0.15) is 0 Å². The van der Waals surface area contributed by atoms with Crippen LogP contribution in [-0.4, -0.2) is 22.3 Å². The van der Waals surface area contributed by atoms with E-state index >= 15 is 0 Å². The van der Waals surface area contributed by atoms with Gasteiger partial charge in [-0.3, -0.25) is 10.1 Å². The number of benzene rings is 1. The highest BCUT2D eigenvalue weighted by atomic mass is 16.2. The molecule has 4 heteroatoms. The molecule has 4 nitrogen and oxygen atoms in total. The van der Waals surface area contributed by atoms with Crippen molar-refractivity contribution in [3.05, 3.63) is 29.8 Å². The summed E-state index contributed by atoms with van der Waals surface area (Å²) in [5, 5.41) is 2.89. The molecule has 1 spiro atoms. The van der Waals surface area contributed by atoms with E-state index in [1.165, 1.54) is 5.56 Å². The Bertz CT molecular complexity index is 531. The van der Waals surface area contributed by atoms with E-state index in [4.69, 9.17) is 0 Å². The van der Waals surface area contributed by atoms with Crippen LogP contribution in [0.5, 0.6) is 0 Å². The molecule has 0 radical (unpaired) electrons. The number of rotatable bonds is 0. The average Bonchev–Trinajstić information content (AvgIpc) is 3.04. The van der Waals surface area contributed by atoms with E-state index in [-0.39, 0.29) is 11.4 Å². The largest absolute Gasteiger partial charge is 0.323 e. The van der Waals surface area contributed by atoms with E-state index in [0.29, 0.717) is 0 Å². The van der Waals surface area contributed by atoms with E-state index in [1.54, 1.807) is 0 Å². The molecule has 1 N–H and O–H groups in total. The molecule has 0 bridgehead atoms. The Hall–Kier alpha value is -1.84. The average molecular weight is 213 g/mol. The normalized spacial score (nSPS) is 23.6. The maximum Gasteiger partial charge on any atom is 0.252 e. The molecule has 2 heterocycles. The number of carbonyl (C=O) groups excluding carboxylic acids is 1. The van der Waals surface area contributed by atoms with E-state index in [0.717, 1.165) is 31.0 Å². The summed E-state index contributed by atoms with van der Waals surface area (Å²) in [6.45, 7) is 0.799. The summed E-state index contributed by atoms with van der Waals surface area (Å²) in [5.41, 5.74) is 1.92. The summed E-state index contributed by atoms with van der Waals surface area (Å²) in [7, 11) is 0. The Morgan fingerprint density at radius 3 is 2.94 bits per heavy atom. The molecule has 1 saturated carbocycles. The lowest BCUT2D eigenvalue weighted by atomic mass is 10.1. The summed E-state index contributed by atoms with van der Waals surface area (Å²) in [5.74, 6) is 0.861. The SMILES string of the molecule is O=C1NC2=Nc3ccccc3CN2C12CC2. The van der Waals surface area contributed by atoms with Crippen LogP contribution in [0.3, 0.4) is 0 Å². The Morgan fingerprint density at radius 1 is 1.31 bits per heavy atom. The first-order valence-electron chi connectivity index (χ1n) is 5.55. The van der Waals surface area contributed by atoms with Crippen LogP contribution in [0.1, 0.15) is 18.4 Å². The van der Waals surface area contributed by atoms with Crippen LogP contribution in [0.4, 0.5) is 5.69 Å². The summed E-state index contributed by atoms with van der Waals surface area (Å²) in [6.07, 6.45) is 1.92. The van der Waals surface area contributed by atoms with Crippen molar-refractivity contribution in [3.8, 4) is 0 Å². The number of para-hydroxylation sites is 1. The molecule has 1 aliphatic carbocycles. The zero-order chi connectivity index (χ0) is 10.8. The van der Waals surface area contributed by atoms with Crippen LogP contribution in [0, 0.1) is 0 Å². The van der Waals surface area contributed by atoms with Gasteiger partial charge >= 0.3 is 0 Å². The van der Waals surface area contributed by atoms with Crippen LogP contribution in [0.25, 0.3) is 0 Å². The van der Waals surface area contributed by atoms with Gasteiger partial charge in [0, 0.05) is 6.54 Å². The Morgan fingerprint density at radius 2 is 2.12 bits per heavy atom. The third kappa shape index (κ3) is 0.852. The van der Waals surface area contributed by atoms with Gasteiger partial charge in [-0.25, -0.2) is 4.99 Å². The zero-order valence-corrected chi connectivity index (χ0v) is 8.73. The molecule has 16 heavy (non-hydrogen) atoms. The Kier molecular flexibility index (Phi) is 1.28. The van der Waals surface area contributed by atoms with E-state index < -0.39 is 0 Å². The van der Waals surface area contributed by atoms with Crippen LogP contribution < -0.4 is 5.32 Å². The van der Waals surface area contributed by atoms with Gasteiger partial charge in [-0.15, -0.1) is 0 Å². The van der Waals surface area contributed by atoms with Gasteiger partial charge in [0.15, 0.2) is 0 Å². The number of hydrogen-bond donors (Lipinski definition) is 1. The highest BCUT2D eigenvalue weighted by molar-refractivity contribution is 6.11. The molecule has 2 fully saturated rings. The molecule has 80 valence electrons. The lowest BCUT2D eigenvalue weighted by Crippen LogP contribution is -2.38. The van der Waals surface area contributed by atoms with Crippen molar-refractivity contribution >= 4 is 17.6 Å². The number of guanidine groups is 1. The Labute approximate surface area is 93.0 Å².